The third kappa shape index (κ3) is 1.89. The maximum Gasteiger partial charge on any atom is 0.205 e. The third-order valence-electron chi connectivity index (χ3n) is 3.72. The number of nitrogens with zero attached hydrogens (tertiary/aromatic N) is 3. The van der Waals surface area contributed by atoms with Crippen molar-refractivity contribution in [2.24, 2.45) is 0 Å². The number of anilines is 1. The molecule has 0 fully saturated rings. The average Bonchev–Trinajstić information content (AvgIpc) is 3.02. The topological polar surface area (TPSA) is 44.8 Å². The van der Waals surface area contributed by atoms with Crippen LogP contribution in [-0.2, 0) is 13.0 Å². The van der Waals surface area contributed by atoms with Gasteiger partial charge >= 0.3 is 0 Å². The van der Waals surface area contributed by atoms with Gasteiger partial charge in [-0.3, -0.25) is 0 Å². The molecule has 0 saturated carbocycles. The third-order valence-corrected chi connectivity index (χ3v) is 4.83. The SMILES string of the molecule is Cc1nsc(N2CCc3[nH]c4ccc(Cl)cc4c3C2)n1. The van der Waals surface area contributed by atoms with E-state index in [1.165, 1.54) is 28.2 Å². The fourth-order valence-electron chi connectivity index (χ4n) is 2.76. The number of benzene rings is 1. The Morgan fingerprint density at radius 2 is 2.30 bits per heavy atom. The smallest absolute Gasteiger partial charge is 0.205 e. The van der Waals surface area contributed by atoms with Gasteiger partial charge in [-0.2, -0.15) is 4.37 Å². The molecule has 1 N–H and O–H groups in total. The highest BCUT2D eigenvalue weighted by Crippen LogP contribution is 2.32. The Hall–Kier alpha value is -1.59. The molecule has 6 heteroatoms. The molecule has 0 radical (unpaired) electrons. The summed E-state index contributed by atoms with van der Waals surface area (Å²) in [5, 5.41) is 3.01. The van der Waals surface area contributed by atoms with Gasteiger partial charge in [0.15, 0.2) is 0 Å². The summed E-state index contributed by atoms with van der Waals surface area (Å²) in [5.74, 6) is 0.845. The molecule has 3 aromatic rings. The molecule has 2 aromatic heterocycles. The number of hydrogen-bond acceptors (Lipinski definition) is 4. The Morgan fingerprint density at radius 1 is 1.40 bits per heavy atom. The molecular weight excluding hydrogens is 292 g/mol. The Kier molecular flexibility index (Phi) is 2.72. The Labute approximate surface area is 125 Å². The van der Waals surface area contributed by atoms with Crippen molar-refractivity contribution in [2.75, 3.05) is 11.4 Å². The number of aromatic nitrogens is 3. The fraction of sp³-hybridized carbons (Fsp3) is 0.286. The highest BCUT2D eigenvalue weighted by molar-refractivity contribution is 7.09. The maximum absolute atomic E-state index is 6.13. The number of aromatic amines is 1. The molecule has 0 saturated heterocycles. The molecule has 1 aliphatic rings. The first-order valence-corrected chi connectivity index (χ1v) is 7.70. The van der Waals surface area contributed by atoms with E-state index in [-0.39, 0.29) is 0 Å². The normalized spacial score (nSPS) is 14.8. The molecule has 0 amide bonds. The van der Waals surface area contributed by atoms with E-state index in [2.05, 4.69) is 25.3 Å². The summed E-state index contributed by atoms with van der Waals surface area (Å²) >= 11 is 7.60. The zero-order chi connectivity index (χ0) is 13.7. The van der Waals surface area contributed by atoms with E-state index in [1.807, 2.05) is 19.1 Å². The number of halogens is 1. The Balaban J connectivity index is 1.77. The predicted molar refractivity (Wildman–Crippen MR) is 82.7 cm³/mol. The summed E-state index contributed by atoms with van der Waals surface area (Å²) < 4.78 is 4.27. The molecule has 102 valence electrons. The van der Waals surface area contributed by atoms with Crippen LogP contribution >= 0.6 is 23.1 Å². The van der Waals surface area contributed by atoms with Crippen LogP contribution in [0.25, 0.3) is 10.9 Å². The van der Waals surface area contributed by atoms with Crippen molar-refractivity contribution in [1.29, 1.82) is 0 Å². The number of fused-ring (bicyclic) bond motifs is 3. The monoisotopic (exact) mass is 304 g/mol. The van der Waals surface area contributed by atoms with Gasteiger partial charge < -0.3 is 9.88 Å². The van der Waals surface area contributed by atoms with E-state index >= 15 is 0 Å². The minimum Gasteiger partial charge on any atom is -0.358 e. The molecule has 3 heterocycles. The first-order valence-electron chi connectivity index (χ1n) is 6.55. The van der Waals surface area contributed by atoms with Crippen molar-refractivity contribution in [2.45, 2.75) is 19.9 Å². The predicted octanol–water partition coefficient (Wildman–Crippen LogP) is 3.54. The van der Waals surface area contributed by atoms with E-state index in [4.69, 9.17) is 11.6 Å². The van der Waals surface area contributed by atoms with Gasteiger partial charge in [0.2, 0.25) is 5.13 Å². The first-order chi connectivity index (χ1) is 9.70. The molecule has 1 aliphatic heterocycles. The number of aryl methyl sites for hydroxylation is 1. The molecule has 0 atom stereocenters. The highest BCUT2D eigenvalue weighted by Gasteiger charge is 2.22. The van der Waals surface area contributed by atoms with Crippen molar-refractivity contribution in [3.8, 4) is 0 Å². The first kappa shape index (κ1) is 12.2. The van der Waals surface area contributed by atoms with E-state index in [9.17, 15) is 0 Å². The standard InChI is InChI=1S/C14H13ClN4S/c1-8-16-14(20-18-8)19-5-4-13-11(7-19)10-6-9(15)2-3-12(10)17-13/h2-3,6,17H,4-5,7H2,1H3. The lowest BCUT2D eigenvalue weighted by Gasteiger charge is -2.26. The van der Waals surface area contributed by atoms with E-state index in [0.29, 0.717) is 0 Å². The van der Waals surface area contributed by atoms with Gasteiger partial charge in [-0.25, -0.2) is 4.98 Å². The van der Waals surface area contributed by atoms with E-state index < -0.39 is 0 Å². The van der Waals surface area contributed by atoms with Gasteiger partial charge in [0.25, 0.3) is 0 Å². The molecule has 0 bridgehead atoms. The second kappa shape index (κ2) is 4.46. The van der Waals surface area contributed by atoms with Crippen molar-refractivity contribution in [3.05, 3.63) is 40.3 Å². The van der Waals surface area contributed by atoms with Crippen LogP contribution in [0.3, 0.4) is 0 Å². The molecule has 1 aromatic carbocycles. The van der Waals surface area contributed by atoms with Crippen molar-refractivity contribution in [1.82, 2.24) is 14.3 Å². The summed E-state index contributed by atoms with van der Waals surface area (Å²) in [4.78, 5) is 10.3. The number of rotatable bonds is 1. The highest BCUT2D eigenvalue weighted by atomic mass is 35.5. The van der Waals surface area contributed by atoms with Crippen LogP contribution in [0.4, 0.5) is 5.13 Å². The fourth-order valence-corrected chi connectivity index (χ4v) is 3.64. The lowest BCUT2D eigenvalue weighted by molar-refractivity contribution is 0.722. The lowest BCUT2D eigenvalue weighted by Crippen LogP contribution is -2.29. The van der Waals surface area contributed by atoms with Gasteiger partial charge in [0.1, 0.15) is 5.82 Å². The van der Waals surface area contributed by atoms with Crippen LogP contribution in [0.2, 0.25) is 5.02 Å². The Morgan fingerprint density at radius 3 is 3.10 bits per heavy atom. The zero-order valence-electron chi connectivity index (χ0n) is 11.0. The summed E-state index contributed by atoms with van der Waals surface area (Å²) in [5.41, 5.74) is 3.82. The van der Waals surface area contributed by atoms with Crippen LogP contribution in [0.1, 0.15) is 17.1 Å². The van der Waals surface area contributed by atoms with E-state index in [0.717, 1.165) is 41.0 Å². The van der Waals surface area contributed by atoms with Crippen molar-refractivity contribution < 1.29 is 0 Å². The number of hydrogen-bond donors (Lipinski definition) is 1. The number of nitrogens with one attached hydrogen (secondary N) is 1. The minimum absolute atomic E-state index is 0.781. The van der Waals surface area contributed by atoms with Gasteiger partial charge in [0.05, 0.1) is 0 Å². The molecule has 0 spiro atoms. The summed E-state index contributed by atoms with van der Waals surface area (Å²) in [6.07, 6.45) is 1.00. The van der Waals surface area contributed by atoms with Crippen LogP contribution in [0, 0.1) is 6.92 Å². The average molecular weight is 305 g/mol. The second-order valence-electron chi connectivity index (χ2n) is 5.07. The summed E-state index contributed by atoms with van der Waals surface area (Å²) in [6, 6.07) is 6.02. The number of H-pyrrole nitrogens is 1. The molecule has 4 nitrogen and oxygen atoms in total. The molecule has 0 aliphatic carbocycles. The Bertz CT molecular complexity index is 792. The van der Waals surface area contributed by atoms with Gasteiger partial charge in [0, 0.05) is 58.2 Å². The van der Waals surface area contributed by atoms with Crippen molar-refractivity contribution in [3.63, 3.8) is 0 Å². The van der Waals surface area contributed by atoms with Crippen LogP contribution < -0.4 is 4.90 Å². The van der Waals surface area contributed by atoms with Crippen LogP contribution in [0.15, 0.2) is 18.2 Å². The molecular formula is C14H13ClN4S. The minimum atomic E-state index is 0.781. The quantitative estimate of drug-likeness (QED) is 0.748. The largest absolute Gasteiger partial charge is 0.358 e. The molecule has 20 heavy (non-hydrogen) atoms. The lowest BCUT2D eigenvalue weighted by atomic mass is 10.1. The maximum atomic E-state index is 6.13. The second-order valence-corrected chi connectivity index (χ2v) is 6.23. The summed E-state index contributed by atoms with van der Waals surface area (Å²) in [6.45, 7) is 3.77. The molecule has 4 rings (SSSR count). The van der Waals surface area contributed by atoms with Crippen LogP contribution in [0.5, 0.6) is 0 Å². The van der Waals surface area contributed by atoms with Gasteiger partial charge in [-0.05, 0) is 25.1 Å². The van der Waals surface area contributed by atoms with Crippen LogP contribution in [-0.4, -0.2) is 20.9 Å². The van der Waals surface area contributed by atoms with Gasteiger partial charge in [-0.15, -0.1) is 0 Å². The molecule has 0 unspecified atom stereocenters. The zero-order valence-corrected chi connectivity index (χ0v) is 12.6. The summed E-state index contributed by atoms with van der Waals surface area (Å²) in [7, 11) is 0. The van der Waals surface area contributed by atoms with Gasteiger partial charge in [-0.1, -0.05) is 11.6 Å². The van der Waals surface area contributed by atoms with E-state index in [1.54, 1.807) is 0 Å². The van der Waals surface area contributed by atoms with Crippen molar-refractivity contribution >= 4 is 39.2 Å².